The fourth-order valence-electron chi connectivity index (χ4n) is 3.38. The van der Waals surface area contributed by atoms with Gasteiger partial charge < -0.3 is 4.74 Å². The summed E-state index contributed by atoms with van der Waals surface area (Å²) in [5.74, 6) is -0.0428. The first-order chi connectivity index (χ1) is 14.2. The van der Waals surface area contributed by atoms with Crippen LogP contribution < -0.4 is 4.90 Å². The molecule has 0 aliphatic carbocycles. The summed E-state index contributed by atoms with van der Waals surface area (Å²) < 4.78 is 6.54. The Morgan fingerprint density at radius 1 is 1.17 bits per heavy atom. The van der Waals surface area contributed by atoms with Crippen molar-refractivity contribution in [3.05, 3.63) is 65.7 Å². The molecule has 0 N–H and O–H groups in total. The second kappa shape index (κ2) is 10.7. The highest BCUT2D eigenvalue weighted by molar-refractivity contribution is 7.22. The van der Waals surface area contributed by atoms with Gasteiger partial charge in [-0.15, -0.1) is 12.4 Å². The maximum atomic E-state index is 13.1. The molecule has 7 heteroatoms. The summed E-state index contributed by atoms with van der Waals surface area (Å²) >= 11 is 1.57. The number of carbonyl (C=O) groups is 1. The van der Waals surface area contributed by atoms with E-state index in [1.165, 1.54) is 0 Å². The van der Waals surface area contributed by atoms with Crippen LogP contribution in [0, 0.1) is 6.92 Å². The topological polar surface area (TPSA) is 45.7 Å². The van der Waals surface area contributed by atoms with Crippen molar-refractivity contribution in [2.45, 2.75) is 6.92 Å². The molecular formula is C23H26ClN3O2S. The maximum absolute atomic E-state index is 13.1. The summed E-state index contributed by atoms with van der Waals surface area (Å²) in [6.45, 7) is 6.78. The van der Waals surface area contributed by atoms with Crippen LogP contribution >= 0.6 is 23.7 Å². The van der Waals surface area contributed by atoms with Gasteiger partial charge in [-0.1, -0.05) is 53.8 Å². The van der Waals surface area contributed by atoms with Gasteiger partial charge in [-0.2, -0.15) is 0 Å². The Hall–Kier alpha value is -2.25. The molecule has 2 heterocycles. The SMILES string of the molecule is Cc1cccc2sc(N(CCN3CCOCC3)C(=O)C=Cc3ccccc3)nc12.Cl. The van der Waals surface area contributed by atoms with Crippen molar-refractivity contribution >= 4 is 51.1 Å². The minimum atomic E-state index is -0.0428. The van der Waals surface area contributed by atoms with Gasteiger partial charge in [0.2, 0.25) is 0 Å². The predicted molar refractivity (Wildman–Crippen MR) is 127 cm³/mol. The van der Waals surface area contributed by atoms with Crippen LogP contribution in [0.5, 0.6) is 0 Å². The van der Waals surface area contributed by atoms with Crippen molar-refractivity contribution in [1.82, 2.24) is 9.88 Å². The second-order valence-corrected chi connectivity index (χ2v) is 8.12. The number of hydrogen-bond donors (Lipinski definition) is 0. The van der Waals surface area contributed by atoms with E-state index >= 15 is 0 Å². The van der Waals surface area contributed by atoms with Crippen molar-refractivity contribution < 1.29 is 9.53 Å². The lowest BCUT2D eigenvalue weighted by Gasteiger charge is -2.28. The van der Waals surface area contributed by atoms with Crippen molar-refractivity contribution in [2.24, 2.45) is 0 Å². The molecule has 0 radical (unpaired) electrons. The van der Waals surface area contributed by atoms with Crippen LogP contribution in [0.2, 0.25) is 0 Å². The largest absolute Gasteiger partial charge is 0.379 e. The number of anilines is 1. The first kappa shape index (κ1) is 22.4. The smallest absolute Gasteiger partial charge is 0.252 e. The minimum absolute atomic E-state index is 0. The number of carbonyl (C=O) groups excluding carboxylic acids is 1. The lowest BCUT2D eigenvalue weighted by Crippen LogP contribution is -2.42. The van der Waals surface area contributed by atoms with E-state index in [2.05, 4.69) is 24.0 Å². The molecular weight excluding hydrogens is 418 g/mol. The zero-order valence-corrected chi connectivity index (χ0v) is 18.6. The van der Waals surface area contributed by atoms with Crippen molar-refractivity contribution in [3.8, 4) is 0 Å². The third-order valence-corrected chi connectivity index (χ3v) is 6.11. The van der Waals surface area contributed by atoms with E-state index in [0.717, 1.165) is 59.3 Å². The summed E-state index contributed by atoms with van der Waals surface area (Å²) in [6.07, 6.45) is 3.51. The Kier molecular flexibility index (Phi) is 7.99. The van der Waals surface area contributed by atoms with Gasteiger partial charge in [-0.25, -0.2) is 4.98 Å². The van der Waals surface area contributed by atoms with E-state index in [9.17, 15) is 4.79 Å². The normalized spacial score (nSPS) is 14.7. The number of halogens is 1. The second-order valence-electron chi connectivity index (χ2n) is 7.11. The van der Waals surface area contributed by atoms with Crippen molar-refractivity contribution in [1.29, 1.82) is 0 Å². The van der Waals surface area contributed by atoms with Crippen molar-refractivity contribution in [2.75, 3.05) is 44.3 Å². The molecule has 0 atom stereocenters. The summed E-state index contributed by atoms with van der Waals surface area (Å²) in [6, 6.07) is 16.0. The molecule has 0 spiro atoms. The number of morpholine rings is 1. The van der Waals surface area contributed by atoms with Crippen LogP contribution in [0.15, 0.2) is 54.6 Å². The van der Waals surface area contributed by atoms with Crippen LogP contribution in [0.1, 0.15) is 11.1 Å². The van der Waals surface area contributed by atoms with Gasteiger partial charge >= 0.3 is 0 Å². The van der Waals surface area contributed by atoms with Gasteiger partial charge in [0.05, 0.1) is 23.4 Å². The molecule has 0 saturated carbocycles. The summed E-state index contributed by atoms with van der Waals surface area (Å²) in [7, 11) is 0. The molecule has 1 fully saturated rings. The molecule has 5 nitrogen and oxygen atoms in total. The van der Waals surface area contributed by atoms with Gasteiger partial charge in [0.1, 0.15) is 0 Å². The lowest BCUT2D eigenvalue weighted by atomic mass is 10.2. The molecule has 1 aliphatic heterocycles. The molecule has 30 heavy (non-hydrogen) atoms. The first-order valence-corrected chi connectivity index (χ1v) is 10.7. The van der Waals surface area contributed by atoms with Crippen LogP contribution in [-0.2, 0) is 9.53 Å². The van der Waals surface area contributed by atoms with Gasteiger partial charge in [0.15, 0.2) is 5.13 Å². The number of nitrogens with zero attached hydrogens (tertiary/aromatic N) is 3. The van der Waals surface area contributed by atoms with Gasteiger partial charge in [-0.3, -0.25) is 14.6 Å². The van der Waals surface area contributed by atoms with E-state index in [1.807, 2.05) is 42.5 Å². The number of rotatable bonds is 6. The zero-order chi connectivity index (χ0) is 20.1. The Labute approximate surface area is 187 Å². The number of hydrogen-bond acceptors (Lipinski definition) is 5. The summed E-state index contributed by atoms with van der Waals surface area (Å²) in [4.78, 5) is 22.1. The molecule has 1 aromatic heterocycles. The molecule has 0 bridgehead atoms. The third kappa shape index (κ3) is 5.46. The number of amides is 1. The number of para-hydroxylation sites is 1. The van der Waals surface area contributed by atoms with Crippen LogP contribution in [0.3, 0.4) is 0 Å². The number of ether oxygens (including phenoxy) is 1. The van der Waals surface area contributed by atoms with Gasteiger partial charge in [0.25, 0.3) is 5.91 Å². The highest BCUT2D eigenvalue weighted by atomic mass is 35.5. The molecule has 158 valence electrons. The molecule has 1 amide bonds. The predicted octanol–water partition coefficient (Wildman–Crippen LogP) is 4.41. The molecule has 4 rings (SSSR count). The van der Waals surface area contributed by atoms with E-state index in [-0.39, 0.29) is 18.3 Å². The van der Waals surface area contributed by atoms with E-state index in [0.29, 0.717) is 6.54 Å². The third-order valence-electron chi connectivity index (χ3n) is 5.07. The number of thiazole rings is 1. The van der Waals surface area contributed by atoms with E-state index in [1.54, 1.807) is 22.3 Å². The van der Waals surface area contributed by atoms with Crippen molar-refractivity contribution in [3.63, 3.8) is 0 Å². The first-order valence-electron chi connectivity index (χ1n) is 9.91. The maximum Gasteiger partial charge on any atom is 0.252 e. The average molecular weight is 444 g/mol. The quantitative estimate of drug-likeness (QED) is 0.529. The minimum Gasteiger partial charge on any atom is -0.379 e. The van der Waals surface area contributed by atoms with Gasteiger partial charge in [-0.05, 0) is 30.2 Å². The highest BCUT2D eigenvalue weighted by Gasteiger charge is 2.20. The molecule has 1 aliphatic rings. The zero-order valence-electron chi connectivity index (χ0n) is 17.0. The Bertz CT molecular complexity index is 1000. The molecule has 0 unspecified atom stereocenters. The number of benzene rings is 2. The molecule has 2 aromatic carbocycles. The number of fused-ring (bicyclic) bond motifs is 1. The summed E-state index contributed by atoms with van der Waals surface area (Å²) in [5.41, 5.74) is 3.11. The molecule has 3 aromatic rings. The van der Waals surface area contributed by atoms with Gasteiger partial charge in [0, 0.05) is 32.3 Å². The van der Waals surface area contributed by atoms with Crippen LogP contribution in [0.25, 0.3) is 16.3 Å². The number of aromatic nitrogens is 1. The Balaban J connectivity index is 0.00000256. The Morgan fingerprint density at radius 3 is 2.67 bits per heavy atom. The Morgan fingerprint density at radius 2 is 1.93 bits per heavy atom. The highest BCUT2D eigenvalue weighted by Crippen LogP contribution is 2.30. The lowest BCUT2D eigenvalue weighted by molar-refractivity contribution is -0.114. The molecule has 1 saturated heterocycles. The number of aryl methyl sites for hydroxylation is 1. The average Bonchev–Trinajstić information content (AvgIpc) is 3.19. The van der Waals surface area contributed by atoms with E-state index < -0.39 is 0 Å². The fourth-order valence-corrected chi connectivity index (χ4v) is 4.45. The summed E-state index contributed by atoms with van der Waals surface area (Å²) in [5, 5.41) is 0.755. The van der Waals surface area contributed by atoms with Crippen LogP contribution in [0.4, 0.5) is 5.13 Å². The monoisotopic (exact) mass is 443 g/mol. The van der Waals surface area contributed by atoms with Crippen LogP contribution in [-0.4, -0.2) is 55.2 Å². The standard InChI is InChI=1S/C23H25N3O2S.ClH/c1-18-6-5-9-20-22(18)24-23(29-20)26(13-12-25-14-16-28-17-15-25)21(27)11-10-19-7-3-2-4-8-19;/h2-11H,12-17H2,1H3;1H. The van der Waals surface area contributed by atoms with E-state index in [4.69, 9.17) is 9.72 Å². The fraction of sp³-hybridized carbons (Fsp3) is 0.304.